The molecule has 15 heteroatoms. The Morgan fingerprint density at radius 1 is 0.892 bits per heavy atom. The molecule has 0 aliphatic heterocycles. The van der Waals surface area contributed by atoms with E-state index < -0.39 is 49.9 Å². The van der Waals surface area contributed by atoms with Crippen LogP contribution >= 0.6 is 23.2 Å². The van der Waals surface area contributed by atoms with Gasteiger partial charge in [0.25, 0.3) is 10.0 Å². The number of hydrogen-bond donors (Lipinski definition) is 2. The summed E-state index contributed by atoms with van der Waals surface area (Å²) in [4.78, 5) is 12.4. The Labute approximate surface area is 221 Å². The molecule has 8 nitrogen and oxygen atoms in total. The summed E-state index contributed by atoms with van der Waals surface area (Å²) in [6.07, 6.45) is -4.06. The predicted octanol–water partition coefficient (Wildman–Crippen LogP) is 5.22. The van der Waals surface area contributed by atoms with Crippen LogP contribution in [0.25, 0.3) is 0 Å². The maximum absolute atomic E-state index is 13.1. The number of rotatable bonds is 8. The Morgan fingerprint density at radius 3 is 2.00 bits per heavy atom. The number of nitrogens with one attached hydrogen (secondary N) is 2. The molecule has 0 aromatic heterocycles. The Morgan fingerprint density at radius 2 is 1.46 bits per heavy atom. The van der Waals surface area contributed by atoms with Gasteiger partial charge >= 0.3 is 6.18 Å². The number of alkyl halides is 3. The number of hydrogen-bond acceptors (Lipinski definition) is 5. The third-order valence-electron chi connectivity index (χ3n) is 4.77. The Hall–Kier alpha value is -3.00. The zero-order valence-corrected chi connectivity index (χ0v) is 21.9. The molecule has 3 rings (SSSR count). The van der Waals surface area contributed by atoms with E-state index in [0.717, 1.165) is 6.07 Å². The lowest BCUT2D eigenvalue weighted by atomic mass is 10.2. The molecule has 0 saturated heterocycles. The normalized spacial score (nSPS) is 12.2. The van der Waals surface area contributed by atoms with Gasteiger partial charge in [-0.05, 0) is 66.7 Å². The van der Waals surface area contributed by atoms with Gasteiger partial charge < -0.3 is 5.32 Å². The standard InChI is InChI=1S/C22H18Cl2F3N3O5S2/c1-36(32,33)30(20-12-14(22(25,26)27)2-11-19(20)24)13-21(31)28-16-7-9-18(10-8-16)37(34,35)29-17-5-3-15(23)4-6-17/h2-12,29H,13H2,1H3,(H,28,31). The molecule has 2 N–H and O–H groups in total. The second-order valence-corrected chi connectivity index (χ2v) is 12.1. The van der Waals surface area contributed by atoms with E-state index in [1.807, 2.05) is 0 Å². The molecule has 0 atom stereocenters. The van der Waals surface area contributed by atoms with Crippen LogP contribution in [0.5, 0.6) is 0 Å². The number of anilines is 3. The zero-order valence-electron chi connectivity index (χ0n) is 18.8. The number of carbonyl (C=O) groups excluding carboxylic acids is 1. The summed E-state index contributed by atoms with van der Waals surface area (Å²) >= 11 is 11.7. The van der Waals surface area contributed by atoms with Crippen LogP contribution in [-0.4, -0.2) is 35.5 Å². The highest BCUT2D eigenvalue weighted by molar-refractivity contribution is 7.92. The van der Waals surface area contributed by atoms with Crippen molar-refractivity contribution in [3.8, 4) is 0 Å². The summed E-state index contributed by atoms with van der Waals surface area (Å²) in [5, 5.41) is 2.49. The first kappa shape index (κ1) is 28.6. The van der Waals surface area contributed by atoms with Gasteiger partial charge in [0.15, 0.2) is 0 Å². The average molecular weight is 596 g/mol. The minimum absolute atomic E-state index is 0.110. The number of halogens is 5. The fraction of sp³-hybridized carbons (Fsp3) is 0.136. The molecule has 198 valence electrons. The van der Waals surface area contributed by atoms with Gasteiger partial charge in [0.2, 0.25) is 15.9 Å². The average Bonchev–Trinajstić information content (AvgIpc) is 2.78. The summed E-state index contributed by atoms with van der Waals surface area (Å²) in [7, 11) is -8.19. The number of amides is 1. The van der Waals surface area contributed by atoms with Crippen molar-refractivity contribution in [1.29, 1.82) is 0 Å². The lowest BCUT2D eigenvalue weighted by molar-refractivity contribution is -0.137. The molecular formula is C22H18Cl2F3N3O5S2. The predicted molar refractivity (Wildman–Crippen MR) is 136 cm³/mol. The van der Waals surface area contributed by atoms with Crippen LogP contribution in [0.2, 0.25) is 10.0 Å². The van der Waals surface area contributed by atoms with E-state index in [1.54, 1.807) is 0 Å². The number of carbonyl (C=O) groups is 1. The van der Waals surface area contributed by atoms with Crippen LogP contribution in [0.15, 0.2) is 71.6 Å². The molecule has 0 spiro atoms. The van der Waals surface area contributed by atoms with Crippen LogP contribution in [0, 0.1) is 0 Å². The minimum atomic E-state index is -4.77. The third-order valence-corrected chi connectivity index (χ3v) is 7.87. The molecule has 0 aliphatic rings. The van der Waals surface area contributed by atoms with E-state index in [-0.39, 0.29) is 21.3 Å². The van der Waals surface area contributed by atoms with Crippen molar-refractivity contribution in [2.24, 2.45) is 0 Å². The molecule has 0 radical (unpaired) electrons. The molecule has 0 saturated carbocycles. The molecule has 0 unspecified atom stereocenters. The highest BCUT2D eigenvalue weighted by atomic mass is 35.5. The van der Waals surface area contributed by atoms with Crippen molar-refractivity contribution in [1.82, 2.24) is 0 Å². The summed E-state index contributed by atoms with van der Waals surface area (Å²) in [6.45, 7) is -0.891. The number of nitrogens with zero attached hydrogens (tertiary/aromatic N) is 1. The molecule has 3 aromatic rings. The summed E-state index contributed by atoms with van der Waals surface area (Å²) in [5.41, 5.74) is -1.29. The topological polar surface area (TPSA) is 113 Å². The highest BCUT2D eigenvalue weighted by Gasteiger charge is 2.33. The van der Waals surface area contributed by atoms with Gasteiger partial charge in [-0.2, -0.15) is 13.2 Å². The largest absolute Gasteiger partial charge is 0.416 e. The molecule has 37 heavy (non-hydrogen) atoms. The molecule has 0 heterocycles. The second kappa shape index (κ2) is 10.8. The monoisotopic (exact) mass is 595 g/mol. The first-order valence-corrected chi connectivity index (χ1v) is 14.2. The van der Waals surface area contributed by atoms with Gasteiger partial charge in [0.1, 0.15) is 6.54 Å². The molecule has 3 aromatic carbocycles. The van der Waals surface area contributed by atoms with Crippen LogP contribution in [0.4, 0.5) is 30.2 Å². The van der Waals surface area contributed by atoms with Crippen molar-refractivity contribution in [3.05, 3.63) is 82.3 Å². The first-order valence-electron chi connectivity index (χ1n) is 10.1. The molecular weight excluding hydrogens is 578 g/mol. The van der Waals surface area contributed by atoms with Crippen molar-refractivity contribution in [2.45, 2.75) is 11.1 Å². The number of sulfonamides is 2. The first-order chi connectivity index (χ1) is 17.1. The summed E-state index contributed by atoms with van der Waals surface area (Å²) in [6, 6.07) is 13.0. The van der Waals surface area contributed by atoms with E-state index in [1.165, 1.54) is 48.5 Å². The smallest absolute Gasteiger partial charge is 0.325 e. The lowest BCUT2D eigenvalue weighted by Crippen LogP contribution is -2.37. The van der Waals surface area contributed by atoms with Gasteiger partial charge in [0.05, 0.1) is 27.4 Å². The molecule has 0 fully saturated rings. The van der Waals surface area contributed by atoms with Gasteiger partial charge in [0, 0.05) is 16.4 Å². The van der Waals surface area contributed by atoms with Crippen LogP contribution < -0.4 is 14.3 Å². The maximum atomic E-state index is 13.1. The van der Waals surface area contributed by atoms with Crippen molar-refractivity contribution >= 4 is 66.2 Å². The molecule has 1 amide bonds. The van der Waals surface area contributed by atoms with Gasteiger partial charge in [-0.15, -0.1) is 0 Å². The van der Waals surface area contributed by atoms with Gasteiger partial charge in [-0.3, -0.25) is 13.8 Å². The lowest BCUT2D eigenvalue weighted by Gasteiger charge is -2.24. The molecule has 0 bridgehead atoms. The van der Waals surface area contributed by atoms with E-state index in [4.69, 9.17) is 23.2 Å². The SMILES string of the molecule is CS(=O)(=O)N(CC(=O)Nc1ccc(S(=O)(=O)Nc2ccc(Cl)cc2)cc1)c1cc(C(F)(F)F)ccc1Cl. The van der Waals surface area contributed by atoms with Crippen molar-refractivity contribution < 1.29 is 34.8 Å². The van der Waals surface area contributed by atoms with Crippen LogP contribution in [0.3, 0.4) is 0 Å². The highest BCUT2D eigenvalue weighted by Crippen LogP contribution is 2.36. The van der Waals surface area contributed by atoms with E-state index in [0.29, 0.717) is 27.7 Å². The van der Waals surface area contributed by atoms with E-state index >= 15 is 0 Å². The summed E-state index contributed by atoms with van der Waals surface area (Å²) < 4.78 is 91.9. The Kier molecular flexibility index (Phi) is 8.32. The summed E-state index contributed by atoms with van der Waals surface area (Å²) in [5.74, 6) is -0.909. The maximum Gasteiger partial charge on any atom is 0.416 e. The van der Waals surface area contributed by atoms with E-state index in [9.17, 15) is 34.8 Å². The third kappa shape index (κ3) is 7.51. The van der Waals surface area contributed by atoms with Crippen molar-refractivity contribution in [2.75, 3.05) is 27.1 Å². The van der Waals surface area contributed by atoms with Crippen LogP contribution in [0.1, 0.15) is 5.56 Å². The van der Waals surface area contributed by atoms with E-state index in [2.05, 4.69) is 10.0 Å². The Bertz CT molecular complexity index is 1510. The second-order valence-electron chi connectivity index (χ2n) is 7.62. The quantitative estimate of drug-likeness (QED) is 0.371. The van der Waals surface area contributed by atoms with Crippen molar-refractivity contribution in [3.63, 3.8) is 0 Å². The van der Waals surface area contributed by atoms with Gasteiger partial charge in [-0.1, -0.05) is 23.2 Å². The number of benzene rings is 3. The zero-order chi connectivity index (χ0) is 27.6. The fourth-order valence-electron chi connectivity index (χ4n) is 3.04. The Balaban J connectivity index is 1.77. The fourth-order valence-corrected chi connectivity index (χ4v) is 5.36. The van der Waals surface area contributed by atoms with Gasteiger partial charge in [-0.25, -0.2) is 16.8 Å². The molecule has 0 aliphatic carbocycles. The van der Waals surface area contributed by atoms with Crippen LogP contribution in [-0.2, 0) is 31.0 Å². The minimum Gasteiger partial charge on any atom is -0.325 e.